The van der Waals surface area contributed by atoms with Gasteiger partial charge >= 0.3 is 5.97 Å². The van der Waals surface area contributed by atoms with Crippen LogP contribution in [0.25, 0.3) is 0 Å². The normalized spacial score (nSPS) is 18.8. The fourth-order valence-corrected chi connectivity index (χ4v) is 5.89. The van der Waals surface area contributed by atoms with Gasteiger partial charge in [0.1, 0.15) is 25.0 Å². The zero-order valence-corrected chi connectivity index (χ0v) is 25.8. The molecule has 43 heavy (non-hydrogen) atoms. The van der Waals surface area contributed by atoms with Crippen LogP contribution in [0, 0.1) is 5.92 Å². The van der Waals surface area contributed by atoms with Crippen molar-refractivity contribution in [3.8, 4) is 34.5 Å². The van der Waals surface area contributed by atoms with Crippen LogP contribution in [-0.2, 0) is 14.3 Å². The average molecular weight is 598 g/mol. The summed E-state index contributed by atoms with van der Waals surface area (Å²) in [6.07, 6.45) is 9.29. The first-order chi connectivity index (χ1) is 20.9. The van der Waals surface area contributed by atoms with Crippen LogP contribution < -0.4 is 28.4 Å². The molecule has 234 valence electrons. The molecule has 0 bridgehead atoms. The van der Waals surface area contributed by atoms with Crippen LogP contribution in [0.15, 0.2) is 42.5 Å². The Hall–Kier alpha value is -4.08. The molecule has 0 aromatic heterocycles. The molecule has 1 saturated heterocycles. The minimum Gasteiger partial charge on any atom is -0.493 e. The van der Waals surface area contributed by atoms with E-state index in [1.807, 2.05) is 12.1 Å². The van der Waals surface area contributed by atoms with Crippen molar-refractivity contribution in [2.45, 2.75) is 50.5 Å². The molecule has 1 aliphatic heterocycles. The first-order valence-electron chi connectivity index (χ1n) is 14.7. The number of piperidine rings is 1. The molecule has 1 heterocycles. The van der Waals surface area contributed by atoms with Crippen molar-refractivity contribution >= 4 is 11.9 Å². The predicted molar refractivity (Wildman–Crippen MR) is 161 cm³/mol. The molecule has 0 radical (unpaired) electrons. The van der Waals surface area contributed by atoms with Crippen LogP contribution in [0.5, 0.6) is 34.5 Å². The quantitative estimate of drug-likeness (QED) is 0.176. The summed E-state index contributed by atoms with van der Waals surface area (Å²) in [6, 6.07) is 8.24. The maximum atomic E-state index is 14.4. The Morgan fingerprint density at radius 2 is 1.53 bits per heavy atom. The topological polar surface area (TPSA) is 102 Å². The molecule has 4 rings (SSSR count). The summed E-state index contributed by atoms with van der Waals surface area (Å²) in [5.74, 6) is 2.06. The van der Waals surface area contributed by atoms with Gasteiger partial charge in [-0.1, -0.05) is 12.2 Å². The number of amides is 1. The summed E-state index contributed by atoms with van der Waals surface area (Å²) in [7, 11) is 7.79. The van der Waals surface area contributed by atoms with Gasteiger partial charge in [-0.25, -0.2) is 4.79 Å². The summed E-state index contributed by atoms with van der Waals surface area (Å²) in [4.78, 5) is 29.5. The van der Waals surface area contributed by atoms with Gasteiger partial charge < -0.3 is 38.1 Å². The molecule has 0 saturated carbocycles. The molecule has 3 atom stereocenters. The molecule has 1 amide bonds. The smallest absolute Gasteiger partial charge is 0.328 e. The fourth-order valence-electron chi connectivity index (χ4n) is 5.89. The van der Waals surface area contributed by atoms with E-state index in [1.54, 1.807) is 58.6 Å². The van der Waals surface area contributed by atoms with Crippen LogP contribution in [0.1, 0.15) is 50.0 Å². The number of hydrogen-bond donors (Lipinski definition) is 0. The molecular formula is C33H43NO9. The van der Waals surface area contributed by atoms with Gasteiger partial charge in [0, 0.05) is 12.6 Å². The van der Waals surface area contributed by atoms with E-state index in [-0.39, 0.29) is 25.0 Å². The average Bonchev–Trinajstić information content (AvgIpc) is 3.06. The Balaban J connectivity index is 1.50. The molecule has 0 N–H and O–H groups in total. The second kappa shape index (κ2) is 15.4. The lowest BCUT2D eigenvalue weighted by Gasteiger charge is -2.38. The van der Waals surface area contributed by atoms with E-state index in [9.17, 15) is 9.59 Å². The number of likely N-dealkylation sites (tertiary alicyclic amines) is 1. The largest absolute Gasteiger partial charge is 0.493 e. The highest BCUT2D eigenvalue weighted by atomic mass is 16.6. The van der Waals surface area contributed by atoms with Crippen molar-refractivity contribution in [3.05, 3.63) is 48.0 Å². The van der Waals surface area contributed by atoms with Gasteiger partial charge in [-0.2, -0.15) is 0 Å². The fraction of sp³-hybridized carbons (Fsp3) is 0.515. The lowest BCUT2D eigenvalue weighted by molar-refractivity contribution is -0.158. The summed E-state index contributed by atoms with van der Waals surface area (Å²) in [5.41, 5.74) is 0.761. The van der Waals surface area contributed by atoms with Crippen molar-refractivity contribution in [2.75, 3.05) is 55.3 Å². The van der Waals surface area contributed by atoms with Gasteiger partial charge in [-0.05, 0) is 74.3 Å². The number of carbonyl (C=O) groups excluding carboxylic acids is 2. The van der Waals surface area contributed by atoms with E-state index in [0.29, 0.717) is 47.5 Å². The summed E-state index contributed by atoms with van der Waals surface area (Å²) < 4.78 is 38.7. The lowest BCUT2D eigenvalue weighted by atomic mass is 9.78. The third-order valence-electron chi connectivity index (χ3n) is 8.04. The number of methoxy groups -OCH3 is 5. The molecule has 2 aromatic carbocycles. The number of nitrogens with zero attached hydrogens (tertiary/aromatic N) is 1. The number of rotatable bonds is 13. The van der Waals surface area contributed by atoms with Gasteiger partial charge in [0.15, 0.2) is 23.0 Å². The Bertz CT molecular complexity index is 1250. The minimum atomic E-state index is -0.667. The van der Waals surface area contributed by atoms with Crippen molar-refractivity contribution in [1.29, 1.82) is 0 Å². The van der Waals surface area contributed by atoms with E-state index in [0.717, 1.165) is 37.7 Å². The third kappa shape index (κ3) is 7.47. The molecule has 1 unspecified atom stereocenters. The first kappa shape index (κ1) is 31.8. The van der Waals surface area contributed by atoms with Crippen molar-refractivity contribution < 1.29 is 42.7 Å². The van der Waals surface area contributed by atoms with Crippen LogP contribution in [-0.4, -0.2) is 78.1 Å². The molecule has 1 fully saturated rings. The molecule has 1 aliphatic carbocycles. The molecule has 2 aliphatic rings. The van der Waals surface area contributed by atoms with Crippen LogP contribution in [0.2, 0.25) is 0 Å². The summed E-state index contributed by atoms with van der Waals surface area (Å²) in [6.45, 7) is 0.689. The maximum absolute atomic E-state index is 14.4. The Kier molecular flexibility index (Phi) is 11.4. The van der Waals surface area contributed by atoms with Gasteiger partial charge in [-0.3, -0.25) is 4.79 Å². The van der Waals surface area contributed by atoms with Crippen LogP contribution >= 0.6 is 0 Å². The van der Waals surface area contributed by atoms with E-state index in [2.05, 4.69) is 12.2 Å². The van der Waals surface area contributed by atoms with E-state index < -0.39 is 17.9 Å². The maximum Gasteiger partial charge on any atom is 0.328 e. The van der Waals surface area contributed by atoms with E-state index >= 15 is 0 Å². The van der Waals surface area contributed by atoms with Crippen molar-refractivity contribution in [2.24, 2.45) is 5.92 Å². The second-order valence-corrected chi connectivity index (χ2v) is 10.5. The van der Waals surface area contributed by atoms with E-state index in [1.165, 1.54) is 0 Å². The number of allylic oxidation sites excluding steroid dienone is 2. The number of hydrogen-bond acceptors (Lipinski definition) is 9. The van der Waals surface area contributed by atoms with E-state index in [4.69, 9.17) is 33.2 Å². The zero-order valence-electron chi connectivity index (χ0n) is 25.8. The van der Waals surface area contributed by atoms with Crippen molar-refractivity contribution in [3.63, 3.8) is 0 Å². The highest BCUT2D eigenvalue weighted by Gasteiger charge is 2.40. The molecule has 2 aromatic rings. The SMILES string of the molecule is COc1ccc(OCCOC(=O)[C@@H]2CCCCN2C(=O)C(c2cc(OC)c(OC)c(OC)c2)[C@H]2C=CCCC2)cc1OC. The lowest BCUT2D eigenvalue weighted by Crippen LogP contribution is -2.51. The number of benzene rings is 2. The van der Waals surface area contributed by atoms with Gasteiger partial charge in [0.2, 0.25) is 11.7 Å². The molecule has 10 heteroatoms. The monoisotopic (exact) mass is 597 g/mol. The Labute approximate surface area is 253 Å². The Morgan fingerprint density at radius 1 is 0.814 bits per heavy atom. The molecule has 0 spiro atoms. The second-order valence-electron chi connectivity index (χ2n) is 10.5. The molecule has 10 nitrogen and oxygen atoms in total. The van der Waals surface area contributed by atoms with Crippen molar-refractivity contribution in [1.82, 2.24) is 4.90 Å². The Morgan fingerprint density at radius 3 is 2.16 bits per heavy atom. The zero-order chi connectivity index (χ0) is 30.8. The summed E-state index contributed by atoms with van der Waals surface area (Å²) in [5, 5.41) is 0. The van der Waals surface area contributed by atoms with Crippen LogP contribution in [0.3, 0.4) is 0 Å². The predicted octanol–water partition coefficient (Wildman–Crippen LogP) is 5.17. The van der Waals surface area contributed by atoms with Crippen LogP contribution in [0.4, 0.5) is 0 Å². The minimum absolute atomic E-state index is 0.0301. The number of ether oxygens (including phenoxy) is 7. The van der Waals surface area contributed by atoms with Gasteiger partial charge in [0.05, 0.1) is 41.5 Å². The van der Waals surface area contributed by atoms with Gasteiger partial charge in [-0.15, -0.1) is 0 Å². The number of carbonyl (C=O) groups is 2. The third-order valence-corrected chi connectivity index (χ3v) is 8.04. The summed E-state index contributed by atoms with van der Waals surface area (Å²) >= 11 is 0. The van der Waals surface area contributed by atoms with Gasteiger partial charge in [0.25, 0.3) is 0 Å². The molecular weight excluding hydrogens is 554 g/mol. The highest BCUT2D eigenvalue weighted by molar-refractivity contribution is 5.89. The number of esters is 1. The first-order valence-corrected chi connectivity index (χ1v) is 14.7. The standard InChI is InChI=1S/C33H43NO9/c1-37-26-15-14-24(21-27(26)38-2)42-17-18-43-33(36)25-13-9-10-16-34(25)32(35)30(22-11-7-6-8-12-22)23-19-28(39-3)31(41-5)29(20-23)40-4/h7,11,14-15,19-22,25,30H,6,8-10,12-13,16-18H2,1-5H3/t22-,25-,30?/m0/s1. The highest BCUT2D eigenvalue weighted by Crippen LogP contribution is 2.44.